The minimum Gasteiger partial charge on any atom is -0.486 e. The Morgan fingerprint density at radius 3 is 2.55 bits per heavy atom. The maximum atomic E-state index is 13.0. The highest BCUT2D eigenvalue weighted by molar-refractivity contribution is 7.89. The summed E-state index contributed by atoms with van der Waals surface area (Å²) in [6, 6.07) is 12.7. The number of ether oxygens (including phenoxy) is 2. The highest BCUT2D eigenvalue weighted by Crippen LogP contribution is 2.32. The van der Waals surface area contributed by atoms with E-state index in [9.17, 15) is 13.2 Å². The fourth-order valence-corrected chi connectivity index (χ4v) is 4.64. The van der Waals surface area contributed by atoms with E-state index in [4.69, 9.17) is 9.47 Å². The van der Waals surface area contributed by atoms with Crippen LogP contribution in [0.15, 0.2) is 59.6 Å². The molecule has 0 spiro atoms. The van der Waals surface area contributed by atoms with Gasteiger partial charge in [-0.1, -0.05) is 32.0 Å². The van der Waals surface area contributed by atoms with E-state index in [1.54, 1.807) is 32.2 Å². The summed E-state index contributed by atoms with van der Waals surface area (Å²) >= 11 is 0. The van der Waals surface area contributed by atoms with Crippen molar-refractivity contribution < 1.29 is 22.7 Å². The second-order valence-corrected chi connectivity index (χ2v) is 9.27. The van der Waals surface area contributed by atoms with Crippen LogP contribution in [0.2, 0.25) is 0 Å². The number of anilines is 1. The Bertz CT molecular complexity index is 1230. The SMILES string of the molecule is CC(C)[C@H](NS(=O)(=O)c1ccc2c(c1)OCCO2)C(=O)Nc1cnc2ccccc2c1. The molecule has 0 bridgehead atoms. The first-order valence-corrected chi connectivity index (χ1v) is 11.4. The van der Waals surface area contributed by atoms with Crippen molar-refractivity contribution in [3.05, 3.63) is 54.7 Å². The van der Waals surface area contributed by atoms with Gasteiger partial charge in [0.05, 0.1) is 22.3 Å². The van der Waals surface area contributed by atoms with Crippen LogP contribution >= 0.6 is 0 Å². The summed E-state index contributed by atoms with van der Waals surface area (Å²) in [7, 11) is -3.97. The minimum absolute atomic E-state index is 0.00238. The number of nitrogens with zero attached hydrogens (tertiary/aromatic N) is 1. The van der Waals surface area contributed by atoms with Crippen LogP contribution < -0.4 is 19.5 Å². The summed E-state index contributed by atoms with van der Waals surface area (Å²) in [6.07, 6.45) is 1.55. The second-order valence-electron chi connectivity index (χ2n) is 7.55. The number of carbonyl (C=O) groups excluding carboxylic acids is 1. The van der Waals surface area contributed by atoms with Gasteiger partial charge in [0.2, 0.25) is 15.9 Å². The highest BCUT2D eigenvalue weighted by atomic mass is 32.2. The van der Waals surface area contributed by atoms with Gasteiger partial charge in [0.15, 0.2) is 11.5 Å². The van der Waals surface area contributed by atoms with Gasteiger partial charge in [0, 0.05) is 11.5 Å². The third-order valence-electron chi connectivity index (χ3n) is 4.91. The lowest BCUT2D eigenvalue weighted by atomic mass is 10.0. The Kier molecular flexibility index (Phi) is 5.79. The molecule has 0 unspecified atom stereocenters. The molecular formula is C22H23N3O5S. The summed E-state index contributed by atoms with van der Waals surface area (Å²) < 4.78 is 39.4. The van der Waals surface area contributed by atoms with Gasteiger partial charge in [-0.25, -0.2) is 8.42 Å². The second kappa shape index (κ2) is 8.52. The lowest BCUT2D eigenvalue weighted by Crippen LogP contribution is -2.47. The molecule has 162 valence electrons. The first-order chi connectivity index (χ1) is 14.8. The van der Waals surface area contributed by atoms with Gasteiger partial charge >= 0.3 is 0 Å². The Balaban J connectivity index is 1.54. The molecule has 1 atom stereocenters. The summed E-state index contributed by atoms with van der Waals surface area (Å²) in [5.41, 5.74) is 1.30. The molecule has 1 aliphatic heterocycles. The Labute approximate surface area is 180 Å². The summed E-state index contributed by atoms with van der Waals surface area (Å²) in [5.74, 6) is 0.0997. The van der Waals surface area contributed by atoms with Gasteiger partial charge in [-0.05, 0) is 30.2 Å². The molecule has 0 radical (unpaired) electrons. The van der Waals surface area contributed by atoms with E-state index < -0.39 is 22.0 Å². The van der Waals surface area contributed by atoms with E-state index in [-0.39, 0.29) is 10.8 Å². The van der Waals surface area contributed by atoms with Crippen LogP contribution in [-0.4, -0.2) is 38.6 Å². The topological polar surface area (TPSA) is 107 Å². The molecule has 4 rings (SSSR count). The molecule has 0 saturated carbocycles. The normalized spacial score (nSPS) is 14.4. The number of para-hydroxylation sites is 1. The highest BCUT2D eigenvalue weighted by Gasteiger charge is 2.29. The maximum Gasteiger partial charge on any atom is 0.242 e. The molecular weight excluding hydrogens is 418 g/mol. The van der Waals surface area contributed by atoms with Gasteiger partial charge in [-0.2, -0.15) is 4.72 Å². The third-order valence-corrected chi connectivity index (χ3v) is 6.35. The fourth-order valence-electron chi connectivity index (χ4n) is 3.28. The Morgan fingerprint density at radius 1 is 1.03 bits per heavy atom. The van der Waals surface area contributed by atoms with Crippen molar-refractivity contribution in [1.29, 1.82) is 0 Å². The summed E-state index contributed by atoms with van der Waals surface area (Å²) in [4.78, 5) is 17.2. The third kappa shape index (κ3) is 4.62. The largest absolute Gasteiger partial charge is 0.486 e. The van der Waals surface area contributed by atoms with E-state index in [2.05, 4.69) is 15.0 Å². The Morgan fingerprint density at radius 2 is 1.77 bits per heavy atom. The first kappa shape index (κ1) is 21.1. The van der Waals surface area contributed by atoms with Crippen molar-refractivity contribution in [3.63, 3.8) is 0 Å². The molecule has 2 aromatic carbocycles. The monoisotopic (exact) mass is 441 g/mol. The zero-order valence-electron chi connectivity index (χ0n) is 17.2. The molecule has 0 fully saturated rings. The number of benzene rings is 2. The van der Waals surface area contributed by atoms with Gasteiger partial charge in [0.1, 0.15) is 19.3 Å². The number of amides is 1. The van der Waals surface area contributed by atoms with Crippen molar-refractivity contribution in [2.24, 2.45) is 5.92 Å². The van der Waals surface area contributed by atoms with Gasteiger partial charge in [-0.3, -0.25) is 9.78 Å². The average molecular weight is 442 g/mol. The van der Waals surface area contributed by atoms with Crippen molar-refractivity contribution in [2.75, 3.05) is 18.5 Å². The summed E-state index contributed by atoms with van der Waals surface area (Å²) in [6.45, 7) is 4.31. The molecule has 0 aliphatic carbocycles. The predicted octanol–water partition coefficient (Wildman–Crippen LogP) is 2.95. The standard InChI is InChI=1S/C22H23N3O5S/c1-14(2)21(22(26)24-16-11-15-5-3-4-6-18(15)23-13-16)25-31(27,28)17-7-8-19-20(12-17)30-10-9-29-19/h3-8,11-14,21,25H,9-10H2,1-2H3,(H,24,26)/t21-/m0/s1. The van der Waals surface area contributed by atoms with Crippen LogP contribution in [0.25, 0.3) is 10.9 Å². The Hall–Kier alpha value is -3.17. The van der Waals surface area contributed by atoms with Gasteiger partial charge in [0.25, 0.3) is 0 Å². The summed E-state index contributed by atoms with van der Waals surface area (Å²) in [5, 5.41) is 3.64. The molecule has 2 heterocycles. The van der Waals surface area contributed by atoms with Crippen molar-refractivity contribution in [2.45, 2.75) is 24.8 Å². The predicted molar refractivity (Wildman–Crippen MR) is 117 cm³/mol. The number of aromatic nitrogens is 1. The zero-order valence-corrected chi connectivity index (χ0v) is 18.0. The van der Waals surface area contributed by atoms with Crippen LogP contribution in [-0.2, 0) is 14.8 Å². The van der Waals surface area contributed by atoms with Crippen molar-refractivity contribution >= 4 is 32.5 Å². The van der Waals surface area contributed by atoms with E-state index in [1.165, 1.54) is 12.1 Å². The minimum atomic E-state index is -3.97. The van der Waals surface area contributed by atoms with Crippen LogP contribution in [0.1, 0.15) is 13.8 Å². The lowest BCUT2D eigenvalue weighted by Gasteiger charge is -2.23. The lowest BCUT2D eigenvalue weighted by molar-refractivity contribution is -0.118. The number of nitrogens with one attached hydrogen (secondary N) is 2. The smallest absolute Gasteiger partial charge is 0.242 e. The maximum absolute atomic E-state index is 13.0. The van der Waals surface area contributed by atoms with E-state index in [1.807, 2.05) is 24.3 Å². The first-order valence-electron chi connectivity index (χ1n) is 9.91. The van der Waals surface area contributed by atoms with Crippen LogP contribution in [0.3, 0.4) is 0 Å². The number of sulfonamides is 1. The average Bonchev–Trinajstić information content (AvgIpc) is 2.77. The number of hydrogen-bond acceptors (Lipinski definition) is 6. The van der Waals surface area contributed by atoms with Crippen LogP contribution in [0.4, 0.5) is 5.69 Å². The van der Waals surface area contributed by atoms with Gasteiger partial charge in [-0.15, -0.1) is 0 Å². The number of hydrogen-bond donors (Lipinski definition) is 2. The molecule has 31 heavy (non-hydrogen) atoms. The van der Waals surface area contributed by atoms with Crippen molar-refractivity contribution in [3.8, 4) is 11.5 Å². The molecule has 1 aromatic heterocycles. The number of carbonyl (C=O) groups is 1. The van der Waals surface area contributed by atoms with Gasteiger partial charge < -0.3 is 14.8 Å². The number of fused-ring (bicyclic) bond motifs is 2. The van der Waals surface area contributed by atoms with Crippen molar-refractivity contribution in [1.82, 2.24) is 9.71 Å². The molecule has 0 saturated heterocycles. The number of rotatable bonds is 6. The molecule has 9 heteroatoms. The van der Waals surface area contributed by atoms with E-state index >= 15 is 0 Å². The van der Waals surface area contributed by atoms with E-state index in [0.717, 1.165) is 10.9 Å². The number of pyridine rings is 1. The van der Waals surface area contributed by atoms with Crippen LogP contribution in [0.5, 0.6) is 11.5 Å². The fraction of sp³-hybridized carbons (Fsp3) is 0.273. The van der Waals surface area contributed by atoms with Crippen LogP contribution in [0, 0.1) is 5.92 Å². The quantitative estimate of drug-likeness (QED) is 0.609. The molecule has 8 nitrogen and oxygen atoms in total. The molecule has 2 N–H and O–H groups in total. The molecule has 1 amide bonds. The molecule has 3 aromatic rings. The van der Waals surface area contributed by atoms with E-state index in [0.29, 0.717) is 30.4 Å². The zero-order chi connectivity index (χ0) is 22.0. The molecule has 1 aliphatic rings.